The summed E-state index contributed by atoms with van der Waals surface area (Å²) in [6.07, 6.45) is 2.78. The summed E-state index contributed by atoms with van der Waals surface area (Å²) in [5, 5.41) is 3.30. The van der Waals surface area contributed by atoms with Crippen LogP contribution in [0.5, 0.6) is 0 Å². The van der Waals surface area contributed by atoms with Gasteiger partial charge in [0.05, 0.1) is 11.5 Å². The second kappa shape index (κ2) is 5.57. The number of carbonyl (C=O) groups excluding carboxylic acids is 1. The normalized spacial score (nSPS) is 32.2. The van der Waals surface area contributed by atoms with Gasteiger partial charge in [-0.3, -0.25) is 4.79 Å². The van der Waals surface area contributed by atoms with Gasteiger partial charge in [0.25, 0.3) is 0 Å². The van der Waals surface area contributed by atoms with E-state index in [1.165, 1.54) is 0 Å². The van der Waals surface area contributed by atoms with Crippen LogP contribution in [0, 0.1) is 5.92 Å². The molecule has 2 fully saturated rings. The van der Waals surface area contributed by atoms with Crippen molar-refractivity contribution in [2.45, 2.75) is 32.2 Å². The lowest BCUT2D eigenvalue weighted by molar-refractivity contribution is -0.133. The summed E-state index contributed by atoms with van der Waals surface area (Å²) in [4.78, 5) is 13.9. The predicted octanol–water partition coefficient (Wildman–Crippen LogP) is 0.0216. The summed E-state index contributed by atoms with van der Waals surface area (Å²) < 4.78 is 22.9. The molecular formula is C12H22N2O3S. The van der Waals surface area contributed by atoms with E-state index < -0.39 is 9.84 Å². The molecule has 6 heteroatoms. The molecule has 0 radical (unpaired) electrons. The monoisotopic (exact) mass is 274 g/mol. The van der Waals surface area contributed by atoms with Gasteiger partial charge < -0.3 is 10.2 Å². The molecule has 104 valence electrons. The van der Waals surface area contributed by atoms with Crippen molar-refractivity contribution < 1.29 is 13.2 Å². The van der Waals surface area contributed by atoms with Crippen molar-refractivity contribution in [3.8, 4) is 0 Å². The van der Waals surface area contributed by atoms with Crippen LogP contribution in [0.3, 0.4) is 0 Å². The first-order chi connectivity index (χ1) is 8.48. The molecule has 2 saturated heterocycles. The maximum atomic E-state index is 12.2. The maximum absolute atomic E-state index is 12.2. The largest absolute Gasteiger partial charge is 0.338 e. The van der Waals surface area contributed by atoms with Gasteiger partial charge in [-0.05, 0) is 38.8 Å². The van der Waals surface area contributed by atoms with E-state index in [1.54, 1.807) is 4.90 Å². The Hall–Kier alpha value is -0.620. The highest BCUT2D eigenvalue weighted by Gasteiger charge is 2.32. The van der Waals surface area contributed by atoms with Crippen LogP contribution in [0.4, 0.5) is 0 Å². The molecule has 0 aromatic carbocycles. The number of hydrogen-bond donors (Lipinski definition) is 1. The second-order valence-electron chi connectivity index (χ2n) is 5.47. The number of nitrogens with zero attached hydrogens (tertiary/aromatic N) is 1. The highest BCUT2D eigenvalue weighted by atomic mass is 32.2. The molecule has 0 bridgehead atoms. The summed E-state index contributed by atoms with van der Waals surface area (Å²) in [7, 11) is -2.94. The molecule has 0 aliphatic carbocycles. The van der Waals surface area contributed by atoms with Crippen molar-refractivity contribution >= 4 is 15.7 Å². The van der Waals surface area contributed by atoms with Crippen LogP contribution in [0.2, 0.25) is 0 Å². The average Bonchev–Trinajstić information content (AvgIpc) is 2.28. The minimum Gasteiger partial charge on any atom is -0.338 e. The first-order valence-electron chi connectivity index (χ1n) is 6.68. The van der Waals surface area contributed by atoms with E-state index >= 15 is 0 Å². The van der Waals surface area contributed by atoms with E-state index in [1.807, 2.05) is 6.92 Å². The number of amides is 1. The van der Waals surface area contributed by atoms with Crippen LogP contribution in [0.25, 0.3) is 0 Å². The van der Waals surface area contributed by atoms with Gasteiger partial charge in [0.15, 0.2) is 9.84 Å². The molecule has 2 aliphatic heterocycles. The molecule has 2 atom stereocenters. The minimum absolute atomic E-state index is 0.113. The fourth-order valence-electron chi connectivity index (χ4n) is 2.83. The Labute approximate surface area is 109 Å². The molecule has 1 N–H and O–H groups in total. The van der Waals surface area contributed by atoms with Gasteiger partial charge in [-0.1, -0.05) is 0 Å². The third kappa shape index (κ3) is 3.45. The molecule has 5 nitrogen and oxygen atoms in total. The van der Waals surface area contributed by atoms with Crippen LogP contribution in [-0.4, -0.2) is 56.4 Å². The average molecular weight is 274 g/mol. The molecule has 2 aliphatic rings. The molecule has 2 rings (SSSR count). The molecule has 0 aromatic heterocycles. The lowest BCUT2D eigenvalue weighted by atomic mass is 9.95. The van der Waals surface area contributed by atoms with Crippen LogP contribution in [-0.2, 0) is 14.6 Å². The lowest BCUT2D eigenvalue weighted by Crippen LogP contribution is -2.50. The number of rotatable bonds is 2. The summed E-state index contributed by atoms with van der Waals surface area (Å²) in [6, 6.07) is -0.173. The summed E-state index contributed by atoms with van der Waals surface area (Å²) in [5.41, 5.74) is 0. The Morgan fingerprint density at radius 3 is 2.83 bits per heavy atom. The third-order valence-corrected chi connectivity index (χ3v) is 5.65. The number of carbonyl (C=O) groups is 1. The topological polar surface area (TPSA) is 66.5 Å². The van der Waals surface area contributed by atoms with Gasteiger partial charge in [-0.15, -0.1) is 0 Å². The van der Waals surface area contributed by atoms with Gasteiger partial charge in [0, 0.05) is 19.0 Å². The quantitative estimate of drug-likeness (QED) is 0.771. The van der Waals surface area contributed by atoms with Crippen LogP contribution in [0.1, 0.15) is 26.2 Å². The maximum Gasteiger partial charge on any atom is 0.223 e. The van der Waals surface area contributed by atoms with Crippen LogP contribution >= 0.6 is 0 Å². The summed E-state index contributed by atoms with van der Waals surface area (Å²) in [6.45, 7) is 4.14. The Balaban J connectivity index is 1.89. The van der Waals surface area contributed by atoms with E-state index in [0.29, 0.717) is 18.9 Å². The van der Waals surface area contributed by atoms with Crippen molar-refractivity contribution in [1.82, 2.24) is 10.2 Å². The third-order valence-electron chi connectivity index (χ3n) is 3.85. The van der Waals surface area contributed by atoms with Gasteiger partial charge in [-0.2, -0.15) is 0 Å². The van der Waals surface area contributed by atoms with Gasteiger partial charge in [0.1, 0.15) is 0 Å². The summed E-state index contributed by atoms with van der Waals surface area (Å²) in [5.74, 6) is 0.760. The van der Waals surface area contributed by atoms with Gasteiger partial charge >= 0.3 is 0 Å². The zero-order valence-electron chi connectivity index (χ0n) is 10.9. The number of hydrogen-bond acceptors (Lipinski definition) is 4. The first kappa shape index (κ1) is 13.8. The van der Waals surface area contributed by atoms with Crippen molar-refractivity contribution in [2.24, 2.45) is 5.92 Å². The molecule has 0 saturated carbocycles. The standard InChI is InChI=1S/C12H22N2O3S/c1-10-9-18(16,17)6-5-14(10)12(15)7-11-3-2-4-13-8-11/h10-11,13H,2-9H2,1H3. The number of sulfone groups is 1. The Bertz CT molecular complexity index is 402. The van der Waals surface area contributed by atoms with E-state index in [-0.39, 0.29) is 23.5 Å². The van der Waals surface area contributed by atoms with E-state index in [9.17, 15) is 13.2 Å². The highest BCUT2D eigenvalue weighted by molar-refractivity contribution is 7.91. The molecule has 18 heavy (non-hydrogen) atoms. The van der Waals surface area contributed by atoms with Gasteiger partial charge in [0.2, 0.25) is 5.91 Å². The highest BCUT2D eigenvalue weighted by Crippen LogP contribution is 2.18. The fraction of sp³-hybridized carbons (Fsp3) is 0.917. The molecule has 0 aromatic rings. The van der Waals surface area contributed by atoms with E-state index in [0.717, 1.165) is 25.9 Å². The lowest BCUT2D eigenvalue weighted by Gasteiger charge is -2.34. The SMILES string of the molecule is CC1CS(=O)(=O)CCN1C(=O)CC1CCCNC1. The Morgan fingerprint density at radius 1 is 1.44 bits per heavy atom. The van der Waals surface area contributed by atoms with Crippen molar-refractivity contribution in [2.75, 3.05) is 31.1 Å². The number of piperidine rings is 1. The minimum atomic E-state index is -2.94. The Morgan fingerprint density at radius 2 is 2.22 bits per heavy atom. The predicted molar refractivity (Wildman–Crippen MR) is 70.0 cm³/mol. The molecule has 2 unspecified atom stereocenters. The molecule has 2 heterocycles. The van der Waals surface area contributed by atoms with Crippen molar-refractivity contribution in [3.05, 3.63) is 0 Å². The summed E-state index contributed by atoms with van der Waals surface area (Å²) >= 11 is 0. The Kier molecular flexibility index (Phi) is 4.27. The first-order valence-corrected chi connectivity index (χ1v) is 8.51. The molecule has 0 spiro atoms. The van der Waals surface area contributed by atoms with Gasteiger partial charge in [-0.25, -0.2) is 8.42 Å². The van der Waals surface area contributed by atoms with E-state index in [2.05, 4.69) is 5.32 Å². The number of nitrogens with one attached hydrogen (secondary N) is 1. The zero-order chi connectivity index (χ0) is 13.2. The smallest absolute Gasteiger partial charge is 0.223 e. The molecule has 1 amide bonds. The fourth-order valence-corrected chi connectivity index (χ4v) is 4.39. The zero-order valence-corrected chi connectivity index (χ0v) is 11.7. The van der Waals surface area contributed by atoms with E-state index in [4.69, 9.17) is 0 Å². The molecular weight excluding hydrogens is 252 g/mol. The van der Waals surface area contributed by atoms with Crippen molar-refractivity contribution in [1.29, 1.82) is 0 Å². The van der Waals surface area contributed by atoms with Crippen LogP contribution < -0.4 is 5.32 Å². The van der Waals surface area contributed by atoms with Crippen molar-refractivity contribution in [3.63, 3.8) is 0 Å². The second-order valence-corrected chi connectivity index (χ2v) is 7.70. The van der Waals surface area contributed by atoms with Crippen LogP contribution in [0.15, 0.2) is 0 Å².